The summed E-state index contributed by atoms with van der Waals surface area (Å²) in [5, 5.41) is 6.12. The average Bonchev–Trinajstić information content (AvgIpc) is 3.05. The lowest BCUT2D eigenvalue weighted by atomic mass is 9.96. The van der Waals surface area contributed by atoms with Gasteiger partial charge in [-0.2, -0.15) is 0 Å². The molecule has 3 nitrogen and oxygen atoms in total. The maximum absolute atomic E-state index is 11.7. The van der Waals surface area contributed by atoms with Crippen LogP contribution >= 0.6 is 0 Å². The van der Waals surface area contributed by atoms with Crippen molar-refractivity contribution >= 4 is 24.9 Å². The smallest absolute Gasteiger partial charge is 0.250 e. The van der Waals surface area contributed by atoms with Crippen molar-refractivity contribution in [2.45, 2.75) is 25.8 Å². The lowest BCUT2D eigenvalue weighted by Crippen LogP contribution is -2.17. The Hall–Kier alpha value is -1.71. The van der Waals surface area contributed by atoms with Crippen LogP contribution in [0, 0.1) is 0 Å². The third-order valence-electron chi connectivity index (χ3n) is 2.68. The maximum atomic E-state index is 11.7. The third-order valence-corrected chi connectivity index (χ3v) is 2.68. The molecule has 0 heterocycles. The second-order valence-electron chi connectivity index (χ2n) is 4.60. The van der Waals surface area contributed by atoms with Gasteiger partial charge in [-0.15, -0.1) is 0 Å². The van der Waals surface area contributed by atoms with Crippen LogP contribution in [0.15, 0.2) is 36.0 Å². The van der Waals surface area contributed by atoms with E-state index >= 15 is 0 Å². The van der Waals surface area contributed by atoms with Gasteiger partial charge in [-0.25, -0.2) is 0 Å². The Kier molecular flexibility index (Phi) is 3.52. The quantitative estimate of drug-likeness (QED) is 0.583. The Morgan fingerprint density at radius 3 is 2.59 bits per heavy atom. The largest absolute Gasteiger partial charge is 0.386 e. The average molecular weight is 228 g/mol. The highest BCUT2D eigenvalue weighted by Gasteiger charge is 2.20. The number of nitrogens with one attached hydrogen (secondary N) is 2. The van der Waals surface area contributed by atoms with Crippen molar-refractivity contribution in [3.8, 4) is 0 Å². The molecule has 0 aliphatic heterocycles. The number of hydrogen-bond acceptors (Lipinski definition) is 2. The molecule has 1 aromatic rings. The summed E-state index contributed by atoms with van der Waals surface area (Å²) in [7, 11) is 2.02. The van der Waals surface area contributed by atoms with E-state index in [1.54, 1.807) is 6.08 Å². The SMILES string of the molecule is Bc1ccc(NC(=O)/C=C(/C)NC2CC2)cc1. The van der Waals surface area contributed by atoms with E-state index in [2.05, 4.69) is 10.6 Å². The Morgan fingerprint density at radius 2 is 2.00 bits per heavy atom. The van der Waals surface area contributed by atoms with Gasteiger partial charge in [-0.3, -0.25) is 4.79 Å². The van der Waals surface area contributed by atoms with E-state index in [9.17, 15) is 4.79 Å². The molecule has 1 saturated carbocycles. The fourth-order valence-electron chi connectivity index (χ4n) is 1.60. The van der Waals surface area contributed by atoms with Gasteiger partial charge >= 0.3 is 0 Å². The molecule has 0 spiro atoms. The third kappa shape index (κ3) is 3.98. The number of anilines is 1. The zero-order valence-electron chi connectivity index (χ0n) is 10.3. The first-order valence-electron chi connectivity index (χ1n) is 5.96. The van der Waals surface area contributed by atoms with Crippen molar-refractivity contribution in [3.63, 3.8) is 0 Å². The summed E-state index contributed by atoms with van der Waals surface area (Å²) < 4.78 is 0. The molecule has 88 valence electrons. The molecule has 2 rings (SSSR count). The number of carbonyl (C=O) groups is 1. The van der Waals surface area contributed by atoms with Gasteiger partial charge in [0.1, 0.15) is 7.85 Å². The van der Waals surface area contributed by atoms with E-state index < -0.39 is 0 Å². The summed E-state index contributed by atoms with van der Waals surface area (Å²) >= 11 is 0. The Bertz CT molecular complexity index is 435. The molecule has 0 radical (unpaired) electrons. The van der Waals surface area contributed by atoms with Gasteiger partial charge in [0.2, 0.25) is 5.91 Å². The normalized spacial score (nSPS) is 15.5. The number of benzene rings is 1. The van der Waals surface area contributed by atoms with Crippen LogP contribution in [0.25, 0.3) is 0 Å². The van der Waals surface area contributed by atoms with E-state index in [1.807, 2.05) is 39.0 Å². The van der Waals surface area contributed by atoms with Crippen LogP contribution in [-0.2, 0) is 4.79 Å². The molecule has 1 aromatic carbocycles. The molecule has 1 aliphatic rings. The summed E-state index contributed by atoms with van der Waals surface area (Å²) in [5.74, 6) is -0.0838. The van der Waals surface area contributed by atoms with Gasteiger partial charge in [0.05, 0.1) is 0 Å². The number of hydrogen-bond donors (Lipinski definition) is 2. The lowest BCUT2D eigenvalue weighted by molar-refractivity contribution is -0.112. The zero-order chi connectivity index (χ0) is 12.3. The molecule has 0 unspecified atom stereocenters. The molecule has 0 atom stereocenters. The van der Waals surface area contributed by atoms with Gasteiger partial charge in [-0.1, -0.05) is 17.6 Å². The highest BCUT2D eigenvalue weighted by atomic mass is 16.1. The van der Waals surface area contributed by atoms with Gasteiger partial charge in [0.25, 0.3) is 0 Å². The van der Waals surface area contributed by atoms with Crippen molar-refractivity contribution in [2.75, 3.05) is 5.32 Å². The number of rotatable bonds is 4. The first kappa shape index (κ1) is 11.8. The van der Waals surface area contributed by atoms with E-state index in [4.69, 9.17) is 0 Å². The van der Waals surface area contributed by atoms with Crippen molar-refractivity contribution in [3.05, 3.63) is 36.0 Å². The molecule has 2 N–H and O–H groups in total. The van der Waals surface area contributed by atoms with Crippen LogP contribution in [0.5, 0.6) is 0 Å². The van der Waals surface area contributed by atoms with Crippen LogP contribution in [0.1, 0.15) is 19.8 Å². The monoisotopic (exact) mass is 228 g/mol. The topological polar surface area (TPSA) is 41.1 Å². The van der Waals surface area contributed by atoms with Crippen LogP contribution in [-0.4, -0.2) is 19.8 Å². The summed E-state index contributed by atoms with van der Waals surface area (Å²) in [6, 6.07) is 8.36. The summed E-state index contributed by atoms with van der Waals surface area (Å²) in [5.41, 5.74) is 2.94. The van der Waals surface area contributed by atoms with E-state index in [0.29, 0.717) is 6.04 Å². The van der Waals surface area contributed by atoms with Gasteiger partial charge in [0.15, 0.2) is 0 Å². The molecule has 0 saturated heterocycles. The summed E-state index contributed by atoms with van der Waals surface area (Å²) in [6.07, 6.45) is 4.04. The highest BCUT2D eigenvalue weighted by molar-refractivity contribution is 6.32. The predicted molar refractivity (Wildman–Crippen MR) is 73.2 cm³/mol. The molecule has 0 bridgehead atoms. The molecule has 17 heavy (non-hydrogen) atoms. The van der Waals surface area contributed by atoms with Crippen LogP contribution in [0.3, 0.4) is 0 Å². The van der Waals surface area contributed by atoms with Crippen molar-refractivity contribution in [2.24, 2.45) is 0 Å². The fraction of sp³-hybridized carbons (Fsp3) is 0.308. The second-order valence-corrected chi connectivity index (χ2v) is 4.60. The Balaban J connectivity index is 1.89. The minimum atomic E-state index is -0.0838. The molecular formula is C13H17BN2O. The second kappa shape index (κ2) is 5.08. The van der Waals surface area contributed by atoms with Crippen LogP contribution in [0.4, 0.5) is 5.69 Å². The maximum Gasteiger partial charge on any atom is 0.250 e. The standard InChI is InChI=1S/C13H17BN2O/c1-9(15-11-6-7-11)8-13(17)16-12-4-2-10(14)3-5-12/h2-5,8,11,15H,6-7,14H2,1H3,(H,16,17)/b9-8-. The molecule has 0 aromatic heterocycles. The number of carbonyl (C=O) groups excluding carboxylic acids is 1. The van der Waals surface area contributed by atoms with Crippen LogP contribution < -0.4 is 16.1 Å². The molecule has 1 fully saturated rings. The Morgan fingerprint density at radius 1 is 1.35 bits per heavy atom. The van der Waals surface area contributed by atoms with Crippen LogP contribution in [0.2, 0.25) is 0 Å². The Labute approximate surface area is 103 Å². The number of amides is 1. The van der Waals surface area contributed by atoms with Crippen molar-refractivity contribution in [1.29, 1.82) is 0 Å². The number of allylic oxidation sites excluding steroid dienone is 1. The molecule has 1 aliphatic carbocycles. The minimum Gasteiger partial charge on any atom is -0.386 e. The zero-order valence-corrected chi connectivity index (χ0v) is 10.3. The highest BCUT2D eigenvalue weighted by Crippen LogP contribution is 2.19. The fourth-order valence-corrected chi connectivity index (χ4v) is 1.60. The molecule has 4 heteroatoms. The summed E-state index contributed by atoms with van der Waals surface area (Å²) in [4.78, 5) is 11.7. The van der Waals surface area contributed by atoms with Gasteiger partial charge in [0, 0.05) is 23.5 Å². The van der Waals surface area contributed by atoms with E-state index in [0.717, 1.165) is 11.4 Å². The van der Waals surface area contributed by atoms with Crippen molar-refractivity contribution in [1.82, 2.24) is 5.32 Å². The van der Waals surface area contributed by atoms with E-state index in [1.165, 1.54) is 18.3 Å². The lowest BCUT2D eigenvalue weighted by Gasteiger charge is -2.05. The summed E-state index contributed by atoms with van der Waals surface area (Å²) in [6.45, 7) is 1.92. The molecular weight excluding hydrogens is 211 g/mol. The predicted octanol–water partition coefficient (Wildman–Crippen LogP) is 0.539. The van der Waals surface area contributed by atoms with Gasteiger partial charge < -0.3 is 10.6 Å². The van der Waals surface area contributed by atoms with Gasteiger partial charge in [-0.05, 0) is 31.9 Å². The van der Waals surface area contributed by atoms with E-state index in [-0.39, 0.29) is 5.91 Å². The first-order chi connectivity index (χ1) is 8.13. The first-order valence-corrected chi connectivity index (χ1v) is 5.96. The minimum absolute atomic E-state index is 0.0838. The van der Waals surface area contributed by atoms with Crippen molar-refractivity contribution < 1.29 is 4.79 Å². The molecule has 1 amide bonds.